The molecule has 1 amide bonds. The molecule has 0 saturated carbocycles. The highest BCUT2D eigenvalue weighted by molar-refractivity contribution is 5.75. The predicted octanol–water partition coefficient (Wildman–Crippen LogP) is -0.0624. The van der Waals surface area contributed by atoms with Crippen molar-refractivity contribution in [2.45, 2.75) is 32.8 Å². The lowest BCUT2D eigenvalue weighted by Crippen LogP contribution is -2.42. The molecule has 1 unspecified atom stereocenters. The molecule has 0 rings (SSSR count). The highest BCUT2D eigenvalue weighted by atomic mass is 16.5. The fourth-order valence-electron chi connectivity index (χ4n) is 1.56. The summed E-state index contributed by atoms with van der Waals surface area (Å²) in [6.45, 7) is 6.98. The standard InChI is InChI=1S/C11H25N3O2/c1-3-5-6-14(9-11(13)15)8-10(7-12)16-4-2/h10H,3-9,12H2,1-2H3,(H2,13,15). The molecule has 0 saturated heterocycles. The van der Waals surface area contributed by atoms with Crippen molar-refractivity contribution in [1.82, 2.24) is 4.90 Å². The van der Waals surface area contributed by atoms with Crippen LogP contribution in [0.3, 0.4) is 0 Å². The van der Waals surface area contributed by atoms with E-state index < -0.39 is 0 Å². The number of nitrogens with two attached hydrogens (primary N) is 2. The fraction of sp³-hybridized carbons (Fsp3) is 0.909. The second-order valence-electron chi connectivity index (χ2n) is 3.87. The number of hydrogen-bond acceptors (Lipinski definition) is 4. The van der Waals surface area contributed by atoms with Gasteiger partial charge < -0.3 is 16.2 Å². The van der Waals surface area contributed by atoms with Gasteiger partial charge in [-0.05, 0) is 19.9 Å². The van der Waals surface area contributed by atoms with Crippen molar-refractivity contribution < 1.29 is 9.53 Å². The van der Waals surface area contributed by atoms with Crippen LogP contribution in [0.1, 0.15) is 26.7 Å². The predicted molar refractivity (Wildman–Crippen MR) is 65.0 cm³/mol. The van der Waals surface area contributed by atoms with Gasteiger partial charge in [0.05, 0.1) is 12.6 Å². The van der Waals surface area contributed by atoms with Crippen molar-refractivity contribution in [2.24, 2.45) is 11.5 Å². The molecule has 0 radical (unpaired) electrons. The first-order chi connectivity index (χ1) is 7.63. The SMILES string of the molecule is CCCCN(CC(N)=O)CC(CN)OCC. The van der Waals surface area contributed by atoms with E-state index in [9.17, 15) is 4.79 Å². The number of rotatable bonds is 10. The van der Waals surface area contributed by atoms with E-state index in [1.54, 1.807) is 0 Å². The Hall–Kier alpha value is -0.650. The first-order valence-electron chi connectivity index (χ1n) is 5.96. The molecular weight excluding hydrogens is 206 g/mol. The van der Waals surface area contributed by atoms with Crippen molar-refractivity contribution >= 4 is 5.91 Å². The first kappa shape index (κ1) is 15.3. The van der Waals surface area contributed by atoms with E-state index in [0.717, 1.165) is 19.4 Å². The molecule has 0 spiro atoms. The summed E-state index contributed by atoms with van der Waals surface area (Å²) in [7, 11) is 0. The third kappa shape index (κ3) is 7.62. The minimum absolute atomic E-state index is 0.0128. The molecule has 96 valence electrons. The number of carbonyl (C=O) groups is 1. The van der Waals surface area contributed by atoms with Crippen LogP contribution in [0, 0.1) is 0 Å². The topological polar surface area (TPSA) is 81.6 Å². The minimum atomic E-state index is -0.302. The van der Waals surface area contributed by atoms with Crippen LogP contribution < -0.4 is 11.5 Å². The summed E-state index contributed by atoms with van der Waals surface area (Å²) in [5.41, 5.74) is 10.8. The average Bonchev–Trinajstić information content (AvgIpc) is 2.24. The zero-order chi connectivity index (χ0) is 12.4. The molecular formula is C11H25N3O2. The molecule has 0 aromatic carbocycles. The van der Waals surface area contributed by atoms with Crippen LogP contribution in [0.4, 0.5) is 0 Å². The van der Waals surface area contributed by atoms with E-state index in [-0.39, 0.29) is 18.6 Å². The van der Waals surface area contributed by atoms with Gasteiger partial charge in [0.25, 0.3) is 0 Å². The Bertz CT molecular complexity index is 188. The maximum Gasteiger partial charge on any atom is 0.231 e. The van der Waals surface area contributed by atoms with Gasteiger partial charge in [0.15, 0.2) is 0 Å². The second kappa shape index (κ2) is 9.57. The van der Waals surface area contributed by atoms with Crippen LogP contribution in [0.15, 0.2) is 0 Å². The first-order valence-corrected chi connectivity index (χ1v) is 5.96. The summed E-state index contributed by atoms with van der Waals surface area (Å²) in [4.78, 5) is 12.9. The summed E-state index contributed by atoms with van der Waals surface area (Å²) in [5, 5.41) is 0. The van der Waals surface area contributed by atoms with Gasteiger partial charge in [0, 0.05) is 19.7 Å². The molecule has 0 fully saturated rings. The van der Waals surface area contributed by atoms with Gasteiger partial charge in [-0.2, -0.15) is 0 Å². The quantitative estimate of drug-likeness (QED) is 0.552. The van der Waals surface area contributed by atoms with Crippen molar-refractivity contribution in [3.8, 4) is 0 Å². The van der Waals surface area contributed by atoms with Gasteiger partial charge in [-0.25, -0.2) is 0 Å². The molecule has 0 bridgehead atoms. The Labute approximate surface area is 98.1 Å². The normalized spacial score (nSPS) is 13.0. The van der Waals surface area contributed by atoms with E-state index in [1.807, 2.05) is 11.8 Å². The lowest BCUT2D eigenvalue weighted by molar-refractivity contribution is -0.119. The molecule has 16 heavy (non-hydrogen) atoms. The van der Waals surface area contributed by atoms with E-state index >= 15 is 0 Å². The Morgan fingerprint density at radius 1 is 1.44 bits per heavy atom. The van der Waals surface area contributed by atoms with Crippen LogP contribution in [-0.2, 0) is 9.53 Å². The molecule has 4 N–H and O–H groups in total. The van der Waals surface area contributed by atoms with Gasteiger partial charge in [-0.15, -0.1) is 0 Å². The molecule has 0 aromatic rings. The highest BCUT2D eigenvalue weighted by Gasteiger charge is 2.14. The number of primary amides is 1. The molecule has 0 aliphatic rings. The number of nitrogens with zero attached hydrogens (tertiary/aromatic N) is 1. The van der Waals surface area contributed by atoms with Crippen molar-refractivity contribution in [3.05, 3.63) is 0 Å². The van der Waals surface area contributed by atoms with E-state index in [4.69, 9.17) is 16.2 Å². The molecule has 1 atom stereocenters. The molecule has 0 heterocycles. The lowest BCUT2D eigenvalue weighted by atomic mass is 10.2. The summed E-state index contributed by atoms with van der Waals surface area (Å²) < 4.78 is 5.46. The van der Waals surface area contributed by atoms with E-state index in [2.05, 4.69) is 6.92 Å². The van der Waals surface area contributed by atoms with Gasteiger partial charge in [0.2, 0.25) is 5.91 Å². The zero-order valence-corrected chi connectivity index (χ0v) is 10.4. The van der Waals surface area contributed by atoms with Crippen molar-refractivity contribution in [3.63, 3.8) is 0 Å². The minimum Gasteiger partial charge on any atom is -0.376 e. The maximum absolute atomic E-state index is 10.9. The zero-order valence-electron chi connectivity index (χ0n) is 10.4. The number of unbranched alkanes of at least 4 members (excludes halogenated alkanes) is 1. The highest BCUT2D eigenvalue weighted by Crippen LogP contribution is 1.99. The Morgan fingerprint density at radius 3 is 2.56 bits per heavy atom. The van der Waals surface area contributed by atoms with Crippen LogP contribution in [-0.4, -0.2) is 49.7 Å². The summed E-state index contributed by atoms with van der Waals surface area (Å²) >= 11 is 0. The van der Waals surface area contributed by atoms with Gasteiger partial charge in [0.1, 0.15) is 0 Å². The summed E-state index contributed by atoms with van der Waals surface area (Å²) in [6, 6.07) is 0. The smallest absolute Gasteiger partial charge is 0.231 e. The van der Waals surface area contributed by atoms with Crippen LogP contribution in [0.2, 0.25) is 0 Å². The fourth-order valence-corrected chi connectivity index (χ4v) is 1.56. The van der Waals surface area contributed by atoms with Crippen LogP contribution >= 0.6 is 0 Å². The van der Waals surface area contributed by atoms with Crippen molar-refractivity contribution in [1.29, 1.82) is 0 Å². The molecule has 5 nitrogen and oxygen atoms in total. The summed E-state index contributed by atoms with van der Waals surface area (Å²) in [6.07, 6.45) is 2.13. The maximum atomic E-state index is 10.9. The van der Waals surface area contributed by atoms with E-state index in [1.165, 1.54) is 0 Å². The number of carbonyl (C=O) groups excluding carboxylic acids is 1. The summed E-state index contributed by atoms with van der Waals surface area (Å²) in [5.74, 6) is -0.302. The van der Waals surface area contributed by atoms with Crippen molar-refractivity contribution in [2.75, 3.05) is 32.8 Å². The Balaban J connectivity index is 4.09. The van der Waals surface area contributed by atoms with Crippen LogP contribution in [0.25, 0.3) is 0 Å². The average molecular weight is 231 g/mol. The third-order valence-electron chi connectivity index (χ3n) is 2.33. The number of ether oxygens (including phenoxy) is 1. The second-order valence-corrected chi connectivity index (χ2v) is 3.87. The Kier molecular flexibility index (Phi) is 9.18. The lowest BCUT2D eigenvalue weighted by Gasteiger charge is -2.25. The molecule has 0 aliphatic heterocycles. The monoisotopic (exact) mass is 231 g/mol. The molecule has 0 aromatic heterocycles. The van der Waals surface area contributed by atoms with Gasteiger partial charge >= 0.3 is 0 Å². The molecule has 0 aliphatic carbocycles. The largest absolute Gasteiger partial charge is 0.376 e. The number of hydrogen-bond donors (Lipinski definition) is 2. The third-order valence-corrected chi connectivity index (χ3v) is 2.33. The van der Waals surface area contributed by atoms with Gasteiger partial charge in [-0.3, -0.25) is 9.69 Å². The Morgan fingerprint density at radius 2 is 2.12 bits per heavy atom. The van der Waals surface area contributed by atoms with Gasteiger partial charge in [-0.1, -0.05) is 13.3 Å². The number of amides is 1. The molecule has 5 heteroatoms. The van der Waals surface area contributed by atoms with E-state index in [0.29, 0.717) is 19.7 Å². The van der Waals surface area contributed by atoms with Crippen LogP contribution in [0.5, 0.6) is 0 Å².